The summed E-state index contributed by atoms with van der Waals surface area (Å²) >= 11 is 0. The van der Waals surface area contributed by atoms with Crippen LogP contribution in [0.3, 0.4) is 0 Å². The maximum atomic E-state index is 13.3. The first-order valence-corrected chi connectivity index (χ1v) is 9.02. The Morgan fingerprint density at radius 2 is 1.48 bits per heavy atom. The number of pyridine rings is 1. The zero-order valence-electron chi connectivity index (χ0n) is 14.7. The van der Waals surface area contributed by atoms with Gasteiger partial charge in [0, 0.05) is 22.9 Å². The van der Waals surface area contributed by atoms with E-state index in [-0.39, 0.29) is 5.91 Å². The molecule has 4 rings (SSSR count). The number of para-hydroxylation sites is 2. The van der Waals surface area contributed by atoms with Crippen molar-refractivity contribution in [3.63, 3.8) is 0 Å². The molecule has 0 radical (unpaired) electrons. The molecular formula is C21H23N3O. The molecule has 1 amide bonds. The largest absolute Gasteiger partial charge is 0.284 e. The molecule has 1 aliphatic heterocycles. The lowest BCUT2D eigenvalue weighted by atomic mass is 9.99. The van der Waals surface area contributed by atoms with Crippen LogP contribution in [0.1, 0.15) is 43.5 Å². The third kappa shape index (κ3) is 2.87. The lowest BCUT2D eigenvalue weighted by Crippen LogP contribution is -2.54. The van der Waals surface area contributed by atoms with E-state index in [1.54, 1.807) is 0 Å². The summed E-state index contributed by atoms with van der Waals surface area (Å²) in [5, 5.41) is 3.92. The maximum absolute atomic E-state index is 13.3. The maximum Gasteiger partial charge on any atom is 0.266 e. The minimum atomic E-state index is -0.0459. The lowest BCUT2D eigenvalue weighted by molar-refractivity contribution is 0.0372. The van der Waals surface area contributed by atoms with E-state index in [9.17, 15) is 4.79 Å². The number of hydrogen-bond acceptors (Lipinski definition) is 3. The highest BCUT2D eigenvalue weighted by Gasteiger charge is 2.27. The van der Waals surface area contributed by atoms with Gasteiger partial charge in [0.15, 0.2) is 0 Å². The molecule has 128 valence electrons. The summed E-state index contributed by atoms with van der Waals surface area (Å²) in [6.07, 6.45) is 3.45. The molecule has 4 heteroatoms. The average Bonchev–Trinajstić information content (AvgIpc) is 2.62. The van der Waals surface area contributed by atoms with Crippen molar-refractivity contribution in [2.24, 2.45) is 0 Å². The van der Waals surface area contributed by atoms with Gasteiger partial charge in [-0.05, 0) is 38.8 Å². The number of amides is 1. The van der Waals surface area contributed by atoms with Crippen LogP contribution in [0.15, 0.2) is 48.5 Å². The van der Waals surface area contributed by atoms with Crippen LogP contribution in [-0.2, 0) is 0 Å². The predicted octanol–water partition coefficient (Wildman–Crippen LogP) is 4.30. The Bertz CT molecular complexity index is 873. The highest BCUT2D eigenvalue weighted by atomic mass is 16.2. The third-order valence-electron chi connectivity index (χ3n) is 5.24. The topological polar surface area (TPSA) is 45.2 Å². The Labute approximate surface area is 147 Å². The van der Waals surface area contributed by atoms with Gasteiger partial charge in [-0.2, -0.15) is 0 Å². The summed E-state index contributed by atoms with van der Waals surface area (Å²) in [6, 6.07) is 16.4. The monoisotopic (exact) mass is 333 g/mol. The van der Waals surface area contributed by atoms with Crippen molar-refractivity contribution in [1.82, 2.24) is 15.4 Å². The number of benzene rings is 2. The average molecular weight is 333 g/mol. The minimum Gasteiger partial charge on any atom is -0.284 e. The second kappa shape index (κ2) is 6.45. The van der Waals surface area contributed by atoms with Gasteiger partial charge < -0.3 is 0 Å². The zero-order valence-corrected chi connectivity index (χ0v) is 14.7. The van der Waals surface area contributed by atoms with Gasteiger partial charge in [-0.1, -0.05) is 42.8 Å². The van der Waals surface area contributed by atoms with E-state index in [0.29, 0.717) is 17.6 Å². The molecule has 1 N–H and O–H groups in total. The van der Waals surface area contributed by atoms with Crippen LogP contribution in [0.5, 0.6) is 0 Å². The lowest BCUT2D eigenvalue weighted by Gasteiger charge is -2.38. The number of piperidine rings is 1. The Hall–Kier alpha value is -2.46. The Morgan fingerprint density at radius 3 is 2.04 bits per heavy atom. The van der Waals surface area contributed by atoms with Gasteiger partial charge in [0.05, 0.1) is 16.6 Å². The van der Waals surface area contributed by atoms with E-state index in [2.05, 4.69) is 24.3 Å². The Kier molecular flexibility index (Phi) is 4.14. The number of carbonyl (C=O) groups is 1. The number of nitrogens with zero attached hydrogens (tertiary/aromatic N) is 2. The Balaban J connectivity index is 1.82. The summed E-state index contributed by atoms with van der Waals surface area (Å²) in [7, 11) is 0. The van der Waals surface area contributed by atoms with Crippen molar-refractivity contribution in [3.8, 4) is 0 Å². The molecule has 3 aromatic rings. The number of hydrogen-bond donors (Lipinski definition) is 1. The number of nitrogens with one attached hydrogen (secondary N) is 1. The fraction of sp³-hybridized carbons (Fsp3) is 0.333. The minimum absolute atomic E-state index is 0.0459. The fourth-order valence-electron chi connectivity index (χ4n) is 3.90. The molecule has 2 unspecified atom stereocenters. The second-order valence-corrected chi connectivity index (χ2v) is 7.00. The molecule has 0 bridgehead atoms. The van der Waals surface area contributed by atoms with E-state index in [1.165, 1.54) is 6.42 Å². The zero-order chi connectivity index (χ0) is 17.4. The van der Waals surface area contributed by atoms with Gasteiger partial charge in [-0.3, -0.25) is 10.2 Å². The van der Waals surface area contributed by atoms with Crippen LogP contribution in [0.2, 0.25) is 0 Å². The van der Waals surface area contributed by atoms with E-state index in [4.69, 9.17) is 4.98 Å². The predicted molar refractivity (Wildman–Crippen MR) is 101 cm³/mol. The van der Waals surface area contributed by atoms with Crippen LogP contribution < -0.4 is 5.43 Å². The quantitative estimate of drug-likeness (QED) is 0.711. The van der Waals surface area contributed by atoms with Crippen LogP contribution in [0.4, 0.5) is 0 Å². The molecule has 2 atom stereocenters. The number of rotatable bonds is 2. The number of fused-ring (bicyclic) bond motifs is 2. The van der Waals surface area contributed by atoms with Gasteiger partial charge in [0.1, 0.15) is 0 Å². The third-order valence-corrected chi connectivity index (χ3v) is 5.24. The molecule has 0 spiro atoms. The molecule has 1 fully saturated rings. The van der Waals surface area contributed by atoms with Crippen LogP contribution >= 0.6 is 0 Å². The first-order valence-electron chi connectivity index (χ1n) is 9.02. The molecule has 25 heavy (non-hydrogen) atoms. The van der Waals surface area contributed by atoms with Crippen molar-refractivity contribution < 1.29 is 4.79 Å². The molecule has 0 aliphatic carbocycles. The van der Waals surface area contributed by atoms with Crippen LogP contribution in [0.25, 0.3) is 21.8 Å². The molecule has 2 aromatic carbocycles. The molecule has 0 saturated carbocycles. The van der Waals surface area contributed by atoms with Gasteiger partial charge in [0.25, 0.3) is 5.91 Å². The summed E-state index contributed by atoms with van der Waals surface area (Å²) in [6.45, 7) is 4.36. The van der Waals surface area contributed by atoms with Gasteiger partial charge >= 0.3 is 0 Å². The van der Waals surface area contributed by atoms with Crippen LogP contribution in [0, 0.1) is 0 Å². The van der Waals surface area contributed by atoms with E-state index < -0.39 is 0 Å². The summed E-state index contributed by atoms with van der Waals surface area (Å²) in [4.78, 5) is 18.0. The fourth-order valence-corrected chi connectivity index (χ4v) is 3.90. The molecule has 2 heterocycles. The van der Waals surface area contributed by atoms with Crippen molar-refractivity contribution in [1.29, 1.82) is 0 Å². The highest BCUT2D eigenvalue weighted by Crippen LogP contribution is 2.27. The Morgan fingerprint density at radius 1 is 0.960 bits per heavy atom. The van der Waals surface area contributed by atoms with Crippen LogP contribution in [-0.4, -0.2) is 28.0 Å². The van der Waals surface area contributed by atoms with Crippen molar-refractivity contribution in [2.75, 3.05) is 0 Å². The molecule has 1 aliphatic rings. The first-order chi connectivity index (χ1) is 12.1. The molecule has 1 saturated heterocycles. The van der Waals surface area contributed by atoms with Gasteiger partial charge in [-0.15, -0.1) is 0 Å². The molecule has 1 aromatic heterocycles. The summed E-state index contributed by atoms with van der Waals surface area (Å²) < 4.78 is 0. The molecule has 4 nitrogen and oxygen atoms in total. The summed E-state index contributed by atoms with van der Waals surface area (Å²) in [5.74, 6) is -0.0459. The van der Waals surface area contributed by atoms with E-state index in [1.807, 2.05) is 48.5 Å². The second-order valence-electron chi connectivity index (χ2n) is 7.00. The van der Waals surface area contributed by atoms with Gasteiger partial charge in [-0.25, -0.2) is 9.99 Å². The molecular weight excluding hydrogens is 310 g/mol. The first kappa shape index (κ1) is 16.0. The highest BCUT2D eigenvalue weighted by molar-refractivity contribution is 6.16. The van der Waals surface area contributed by atoms with Gasteiger partial charge in [0.2, 0.25) is 0 Å². The SMILES string of the molecule is CC1CCCC(C)N1NC(=O)c1c2ccccc2nc2ccccc12. The van der Waals surface area contributed by atoms with Crippen molar-refractivity contribution in [2.45, 2.75) is 45.2 Å². The normalized spacial score (nSPS) is 21.5. The number of aromatic nitrogens is 1. The van der Waals surface area contributed by atoms with E-state index >= 15 is 0 Å². The van der Waals surface area contributed by atoms with Crippen molar-refractivity contribution >= 4 is 27.7 Å². The van der Waals surface area contributed by atoms with E-state index in [0.717, 1.165) is 34.6 Å². The standard InChI is InChI=1S/C21H23N3O/c1-14-8-7-9-15(2)24(14)23-21(25)20-16-10-3-5-12-18(16)22-19-13-6-4-11-17(19)20/h3-6,10-15H,7-9H2,1-2H3,(H,23,25). The summed E-state index contributed by atoms with van der Waals surface area (Å²) in [5.41, 5.74) is 5.61. The number of carbonyl (C=O) groups excluding carboxylic acids is 1. The van der Waals surface area contributed by atoms with Crippen molar-refractivity contribution in [3.05, 3.63) is 54.1 Å². The number of hydrazine groups is 1. The smallest absolute Gasteiger partial charge is 0.266 e.